The summed E-state index contributed by atoms with van der Waals surface area (Å²) in [6.07, 6.45) is 3.91. The molecule has 2 aromatic rings. The van der Waals surface area contributed by atoms with Crippen LogP contribution in [0, 0.1) is 0 Å². The fraction of sp³-hybridized carbons (Fsp3) is 0.458. The second-order valence-corrected chi connectivity index (χ2v) is 9.07. The number of carbonyl (C=O) groups is 2. The van der Waals surface area contributed by atoms with Gasteiger partial charge in [-0.2, -0.15) is 0 Å². The third-order valence-electron chi connectivity index (χ3n) is 6.67. The number of pyridine rings is 1. The van der Waals surface area contributed by atoms with Gasteiger partial charge in [0.25, 0.3) is 5.91 Å². The fourth-order valence-corrected chi connectivity index (χ4v) is 4.91. The molecule has 0 saturated carbocycles. The molecule has 1 unspecified atom stereocenters. The molecule has 0 bridgehead atoms. The van der Waals surface area contributed by atoms with Crippen molar-refractivity contribution in [3.63, 3.8) is 0 Å². The van der Waals surface area contributed by atoms with Gasteiger partial charge < -0.3 is 20.0 Å². The molecule has 3 aliphatic heterocycles. The summed E-state index contributed by atoms with van der Waals surface area (Å²) in [5.74, 6) is 1.04. The summed E-state index contributed by atoms with van der Waals surface area (Å²) < 4.78 is 0. The van der Waals surface area contributed by atoms with Crippen LogP contribution in [-0.2, 0) is 11.3 Å². The fourth-order valence-electron chi connectivity index (χ4n) is 4.91. The minimum atomic E-state index is -0.0519. The summed E-state index contributed by atoms with van der Waals surface area (Å²) in [4.78, 5) is 37.7. The van der Waals surface area contributed by atoms with E-state index in [2.05, 4.69) is 26.1 Å². The number of aromatic nitrogens is 1. The number of carbonyl (C=O) groups excluding carboxylic acids is 2. The Balaban J connectivity index is 1.19. The Morgan fingerprint density at radius 3 is 2.59 bits per heavy atom. The monoisotopic (exact) mass is 434 g/mol. The van der Waals surface area contributed by atoms with E-state index in [1.807, 2.05) is 30.5 Å². The van der Waals surface area contributed by atoms with E-state index < -0.39 is 0 Å². The molecule has 0 aliphatic carbocycles. The lowest BCUT2D eigenvalue weighted by molar-refractivity contribution is -0.117. The standard InChI is InChI=1S/C24H30N6O2/c1-27(2)24(32)18-5-7-19(8-6-18)29-12-10-28(11-13-29)16-17-14-20-22(25-15-17)30-9-3-4-21(30)23(31)26-20/h5-8,14-15,21H,3-4,9-13,16H2,1-2H3,(H,26,31). The highest BCUT2D eigenvalue weighted by Gasteiger charge is 2.37. The molecule has 32 heavy (non-hydrogen) atoms. The van der Waals surface area contributed by atoms with Gasteiger partial charge in [-0.25, -0.2) is 4.98 Å². The van der Waals surface area contributed by atoms with Crippen LogP contribution in [0.5, 0.6) is 0 Å². The third-order valence-corrected chi connectivity index (χ3v) is 6.67. The Labute approximate surface area is 188 Å². The molecule has 8 nitrogen and oxygen atoms in total. The van der Waals surface area contributed by atoms with Gasteiger partial charge in [-0.15, -0.1) is 0 Å². The van der Waals surface area contributed by atoms with E-state index >= 15 is 0 Å². The number of rotatable bonds is 4. The Morgan fingerprint density at radius 2 is 1.88 bits per heavy atom. The number of anilines is 3. The molecular weight excluding hydrogens is 404 g/mol. The summed E-state index contributed by atoms with van der Waals surface area (Å²) >= 11 is 0. The predicted octanol–water partition coefficient (Wildman–Crippen LogP) is 2.03. The van der Waals surface area contributed by atoms with Crippen LogP contribution in [0.1, 0.15) is 28.8 Å². The molecule has 2 amide bonds. The molecule has 5 rings (SSSR count). The molecule has 2 fully saturated rings. The molecule has 8 heteroatoms. The summed E-state index contributed by atoms with van der Waals surface area (Å²) in [6.45, 7) is 5.51. The third kappa shape index (κ3) is 3.90. The van der Waals surface area contributed by atoms with Crippen molar-refractivity contribution in [1.82, 2.24) is 14.8 Å². The van der Waals surface area contributed by atoms with Gasteiger partial charge in [0.15, 0.2) is 5.82 Å². The molecule has 168 valence electrons. The van der Waals surface area contributed by atoms with Gasteiger partial charge in [0, 0.05) is 70.8 Å². The first-order chi connectivity index (χ1) is 15.5. The molecule has 1 aromatic heterocycles. The maximum atomic E-state index is 12.4. The van der Waals surface area contributed by atoms with Gasteiger partial charge in [-0.1, -0.05) is 0 Å². The van der Waals surface area contributed by atoms with Crippen LogP contribution in [0.15, 0.2) is 36.5 Å². The molecule has 1 atom stereocenters. The van der Waals surface area contributed by atoms with E-state index in [0.717, 1.165) is 74.9 Å². The van der Waals surface area contributed by atoms with Crippen LogP contribution in [0.3, 0.4) is 0 Å². The van der Waals surface area contributed by atoms with Crippen molar-refractivity contribution >= 4 is 29.0 Å². The van der Waals surface area contributed by atoms with Gasteiger partial charge in [-0.05, 0) is 48.7 Å². The first kappa shape index (κ1) is 20.8. The van der Waals surface area contributed by atoms with Crippen LogP contribution >= 0.6 is 0 Å². The topological polar surface area (TPSA) is 72.0 Å². The van der Waals surface area contributed by atoms with Crippen molar-refractivity contribution < 1.29 is 9.59 Å². The second kappa shape index (κ2) is 8.43. The number of piperazine rings is 1. The van der Waals surface area contributed by atoms with Crippen LogP contribution in [-0.4, -0.2) is 79.5 Å². The van der Waals surface area contributed by atoms with Gasteiger partial charge >= 0.3 is 0 Å². The van der Waals surface area contributed by atoms with Crippen LogP contribution in [0.25, 0.3) is 0 Å². The van der Waals surface area contributed by atoms with Crippen molar-refractivity contribution in [3.8, 4) is 0 Å². The summed E-state index contributed by atoms with van der Waals surface area (Å²) in [7, 11) is 3.54. The van der Waals surface area contributed by atoms with Crippen LogP contribution in [0.4, 0.5) is 17.2 Å². The quantitative estimate of drug-likeness (QED) is 0.794. The lowest BCUT2D eigenvalue weighted by atomic mass is 10.1. The van der Waals surface area contributed by atoms with Crippen molar-refractivity contribution in [2.45, 2.75) is 25.4 Å². The van der Waals surface area contributed by atoms with Gasteiger partial charge in [0.2, 0.25) is 5.91 Å². The highest BCUT2D eigenvalue weighted by molar-refractivity contribution is 6.03. The summed E-state index contributed by atoms with van der Waals surface area (Å²) in [6, 6.07) is 9.91. The SMILES string of the molecule is CN(C)C(=O)c1ccc(N2CCN(Cc3cnc4c(c3)NC(=O)C3CCCN43)CC2)cc1. The Morgan fingerprint density at radius 1 is 1.12 bits per heavy atom. The lowest BCUT2D eigenvalue weighted by Crippen LogP contribution is -2.46. The molecule has 1 aromatic carbocycles. The van der Waals surface area contributed by atoms with Gasteiger partial charge in [0.05, 0.1) is 5.69 Å². The Hall–Kier alpha value is -3.13. The van der Waals surface area contributed by atoms with E-state index in [0.29, 0.717) is 5.56 Å². The highest BCUT2D eigenvalue weighted by atomic mass is 16.2. The van der Waals surface area contributed by atoms with Gasteiger partial charge in [-0.3, -0.25) is 14.5 Å². The number of hydrogen-bond acceptors (Lipinski definition) is 6. The number of nitrogens with one attached hydrogen (secondary N) is 1. The van der Waals surface area contributed by atoms with E-state index in [1.54, 1.807) is 19.0 Å². The van der Waals surface area contributed by atoms with E-state index in [4.69, 9.17) is 4.98 Å². The average Bonchev–Trinajstić information content (AvgIpc) is 3.30. The largest absolute Gasteiger partial charge is 0.369 e. The summed E-state index contributed by atoms with van der Waals surface area (Å²) in [5.41, 5.74) is 3.83. The number of nitrogens with zero attached hydrogens (tertiary/aromatic N) is 5. The Kier molecular flexibility index (Phi) is 5.46. The number of amides is 2. The van der Waals surface area contributed by atoms with Crippen molar-refractivity contribution in [2.75, 3.05) is 61.9 Å². The molecule has 0 spiro atoms. The van der Waals surface area contributed by atoms with Crippen molar-refractivity contribution in [1.29, 1.82) is 0 Å². The predicted molar refractivity (Wildman–Crippen MR) is 125 cm³/mol. The Bertz CT molecular complexity index is 1010. The zero-order valence-electron chi connectivity index (χ0n) is 18.8. The highest BCUT2D eigenvalue weighted by Crippen LogP contribution is 2.35. The first-order valence-electron chi connectivity index (χ1n) is 11.3. The van der Waals surface area contributed by atoms with Gasteiger partial charge in [0.1, 0.15) is 6.04 Å². The maximum Gasteiger partial charge on any atom is 0.253 e. The minimum absolute atomic E-state index is 0.0245. The maximum absolute atomic E-state index is 12.4. The number of benzene rings is 1. The summed E-state index contributed by atoms with van der Waals surface area (Å²) in [5, 5.41) is 3.06. The molecule has 3 aliphatic rings. The minimum Gasteiger partial charge on any atom is -0.369 e. The van der Waals surface area contributed by atoms with Crippen molar-refractivity contribution in [3.05, 3.63) is 47.7 Å². The molecule has 2 saturated heterocycles. The second-order valence-electron chi connectivity index (χ2n) is 9.07. The molecule has 0 radical (unpaired) electrons. The van der Waals surface area contributed by atoms with Crippen LogP contribution < -0.4 is 15.1 Å². The molecule has 1 N–H and O–H groups in total. The lowest BCUT2D eigenvalue weighted by Gasteiger charge is -2.36. The molecular formula is C24H30N6O2. The van der Waals surface area contributed by atoms with E-state index in [9.17, 15) is 9.59 Å². The van der Waals surface area contributed by atoms with E-state index in [1.165, 1.54) is 0 Å². The van der Waals surface area contributed by atoms with Crippen LogP contribution in [0.2, 0.25) is 0 Å². The number of fused-ring (bicyclic) bond motifs is 3. The zero-order valence-corrected chi connectivity index (χ0v) is 18.8. The van der Waals surface area contributed by atoms with Crippen molar-refractivity contribution in [2.24, 2.45) is 0 Å². The molecule has 4 heterocycles. The average molecular weight is 435 g/mol. The number of hydrogen-bond donors (Lipinski definition) is 1. The zero-order chi connectivity index (χ0) is 22.2. The van der Waals surface area contributed by atoms with E-state index in [-0.39, 0.29) is 17.9 Å². The smallest absolute Gasteiger partial charge is 0.253 e. The first-order valence-corrected chi connectivity index (χ1v) is 11.3. The normalized spacial score (nSPS) is 20.6.